The lowest BCUT2D eigenvalue weighted by atomic mass is 10.2. The molecule has 0 aliphatic heterocycles. The Kier molecular flexibility index (Phi) is 8.42. The highest BCUT2D eigenvalue weighted by Crippen LogP contribution is 2.15. The van der Waals surface area contributed by atoms with E-state index < -0.39 is 32.1 Å². The number of amides is 1. The number of hydrogen-bond acceptors (Lipinski definition) is 4. The van der Waals surface area contributed by atoms with Gasteiger partial charge in [0.1, 0.15) is 11.8 Å². The molecule has 0 aliphatic carbocycles. The number of nitrogens with one attached hydrogen (secondary N) is 1. The van der Waals surface area contributed by atoms with Crippen molar-refractivity contribution in [2.24, 2.45) is 0 Å². The number of carbonyl (C=O) groups excluding carboxylic acids is 1. The quantitative estimate of drug-likeness (QED) is 0.661. The number of carbonyl (C=O) groups is 1. The number of ether oxygens (including phenoxy) is 1. The van der Waals surface area contributed by atoms with E-state index in [1.807, 2.05) is 0 Å². The van der Waals surface area contributed by atoms with Crippen LogP contribution in [0.3, 0.4) is 0 Å². The van der Waals surface area contributed by atoms with Gasteiger partial charge in [0.05, 0.1) is 12.7 Å². The molecular weight excluding hydrogens is 238 g/mol. The molecule has 0 radical (unpaired) electrons. The van der Waals surface area contributed by atoms with Gasteiger partial charge in [-0.3, -0.25) is 4.57 Å². The van der Waals surface area contributed by atoms with Crippen molar-refractivity contribution in [2.75, 3.05) is 12.7 Å². The molecule has 98 valence electrons. The highest BCUT2D eigenvalue weighted by atomic mass is 31.1. The van der Waals surface area contributed by atoms with Crippen molar-refractivity contribution in [1.82, 2.24) is 11.5 Å². The van der Waals surface area contributed by atoms with Crippen LogP contribution >= 0.6 is 8.03 Å². The summed E-state index contributed by atoms with van der Waals surface area (Å²) in [6.07, 6.45) is -2.70. The third kappa shape index (κ3) is 11.4. The molecule has 0 saturated heterocycles. The van der Waals surface area contributed by atoms with Crippen LogP contribution in [-0.2, 0) is 9.30 Å². The van der Waals surface area contributed by atoms with Gasteiger partial charge in [-0.1, -0.05) is 0 Å². The van der Waals surface area contributed by atoms with Crippen molar-refractivity contribution in [1.29, 1.82) is 0 Å². The summed E-state index contributed by atoms with van der Waals surface area (Å²) in [7, 11) is -2.83. The lowest BCUT2D eigenvalue weighted by molar-refractivity contribution is 0.0515. The van der Waals surface area contributed by atoms with E-state index in [9.17, 15) is 13.8 Å². The first kappa shape index (κ1) is 17.7. The summed E-state index contributed by atoms with van der Waals surface area (Å²) in [6.45, 7) is 4.75. The normalized spacial score (nSPS) is 14.6. The molecule has 0 bridgehead atoms. The summed E-state index contributed by atoms with van der Waals surface area (Å²) in [5, 5.41) is 2.17. The van der Waals surface area contributed by atoms with Crippen LogP contribution in [0.2, 0.25) is 0 Å². The average Bonchev–Trinajstić information content (AvgIpc) is 1.96. The van der Waals surface area contributed by atoms with Crippen LogP contribution in [0.4, 0.5) is 9.18 Å². The fourth-order valence-electron chi connectivity index (χ4n) is 0.770. The molecule has 8 heteroatoms. The maximum Gasteiger partial charge on any atom is 0.407 e. The molecule has 0 aromatic carbocycles. The molecule has 16 heavy (non-hydrogen) atoms. The van der Waals surface area contributed by atoms with Gasteiger partial charge in [0.15, 0.2) is 8.03 Å². The highest BCUT2D eigenvalue weighted by Gasteiger charge is 2.17. The molecule has 1 unspecified atom stereocenters. The van der Waals surface area contributed by atoms with Crippen LogP contribution in [0.25, 0.3) is 0 Å². The largest absolute Gasteiger partial charge is 0.444 e. The van der Waals surface area contributed by atoms with Crippen LogP contribution in [0.15, 0.2) is 0 Å². The van der Waals surface area contributed by atoms with Gasteiger partial charge in [-0.2, -0.15) is 0 Å². The van der Waals surface area contributed by atoms with Gasteiger partial charge in [-0.05, 0) is 20.8 Å². The maximum absolute atomic E-state index is 12.8. The molecule has 1 amide bonds. The average molecular weight is 258 g/mol. The first-order valence-electron chi connectivity index (χ1n) is 4.53. The first-order valence-corrected chi connectivity index (χ1v) is 6.09. The zero-order valence-electron chi connectivity index (χ0n) is 9.75. The van der Waals surface area contributed by atoms with E-state index in [0.29, 0.717) is 0 Å². The molecule has 5 N–H and O–H groups in total. The minimum Gasteiger partial charge on any atom is -0.444 e. The third-order valence-electron chi connectivity index (χ3n) is 1.26. The molecule has 0 heterocycles. The Morgan fingerprint density at radius 3 is 2.44 bits per heavy atom. The monoisotopic (exact) mass is 258 g/mol. The van der Waals surface area contributed by atoms with E-state index >= 15 is 0 Å². The smallest absolute Gasteiger partial charge is 0.407 e. The fourth-order valence-corrected chi connectivity index (χ4v) is 1.29. The molecule has 0 aliphatic rings. The lowest BCUT2D eigenvalue weighted by Crippen LogP contribution is -2.36. The van der Waals surface area contributed by atoms with Gasteiger partial charge in [0.25, 0.3) is 0 Å². The number of alkyl halides is 1. The van der Waals surface area contributed by atoms with Crippen LogP contribution < -0.4 is 11.5 Å². The molecule has 0 rings (SSSR count). The Balaban J connectivity index is 0. The third-order valence-corrected chi connectivity index (χ3v) is 2.06. The first-order chi connectivity index (χ1) is 6.70. The van der Waals surface area contributed by atoms with Crippen molar-refractivity contribution in [3.8, 4) is 0 Å². The van der Waals surface area contributed by atoms with Gasteiger partial charge in [-0.25, -0.2) is 9.18 Å². The van der Waals surface area contributed by atoms with E-state index in [1.165, 1.54) is 0 Å². The predicted molar refractivity (Wildman–Crippen MR) is 60.2 cm³/mol. The summed E-state index contributed by atoms with van der Waals surface area (Å²) in [5.41, 5.74) is -0.639. The van der Waals surface area contributed by atoms with Crippen LogP contribution in [-0.4, -0.2) is 35.5 Å². The number of rotatable bonds is 4. The molecule has 0 spiro atoms. The second-order valence-electron chi connectivity index (χ2n) is 4.08. The predicted octanol–water partition coefficient (Wildman–Crippen LogP) is 1.48. The van der Waals surface area contributed by atoms with Gasteiger partial charge >= 0.3 is 6.09 Å². The summed E-state index contributed by atoms with van der Waals surface area (Å²) in [5.74, 6) is 0. The molecule has 0 fully saturated rings. The lowest BCUT2D eigenvalue weighted by Gasteiger charge is -2.20. The summed E-state index contributed by atoms with van der Waals surface area (Å²) in [6, 6.07) is 0. The fraction of sp³-hybridized carbons (Fsp3) is 0.875. The zero-order chi connectivity index (χ0) is 12.1. The van der Waals surface area contributed by atoms with Crippen molar-refractivity contribution in [2.45, 2.75) is 32.5 Å². The Morgan fingerprint density at radius 2 is 2.06 bits per heavy atom. The SMILES string of the molecule is CC(C)(C)OC(=O)NC[C@@H](F)C[PH](=O)O.N. The summed E-state index contributed by atoms with van der Waals surface area (Å²) < 4.78 is 28.0. The maximum atomic E-state index is 12.8. The molecule has 2 atom stereocenters. The van der Waals surface area contributed by atoms with Gasteiger partial charge in [0, 0.05) is 0 Å². The highest BCUT2D eigenvalue weighted by molar-refractivity contribution is 7.38. The topological polar surface area (TPSA) is 111 Å². The minimum atomic E-state index is -2.83. The molecular formula is C8H20FN2O4P. The van der Waals surface area contributed by atoms with Crippen LogP contribution in [0, 0.1) is 0 Å². The van der Waals surface area contributed by atoms with Crippen LogP contribution in [0.5, 0.6) is 0 Å². The van der Waals surface area contributed by atoms with E-state index in [1.54, 1.807) is 20.8 Å². The van der Waals surface area contributed by atoms with E-state index in [0.717, 1.165) is 0 Å². The standard InChI is InChI=1S/C8H17FNO4P.H3N/c1-8(2,3)14-7(11)10-4-6(9)5-15(12)13;/h6,15H,4-5H2,1-3H3,(H,10,11)(H,12,13);1H3/t6-;/m1./s1. The van der Waals surface area contributed by atoms with Crippen molar-refractivity contribution >= 4 is 14.1 Å². The van der Waals surface area contributed by atoms with Crippen LogP contribution in [0.1, 0.15) is 20.8 Å². The molecule has 0 aromatic heterocycles. The summed E-state index contributed by atoms with van der Waals surface area (Å²) >= 11 is 0. The van der Waals surface area contributed by atoms with Crippen molar-refractivity contribution < 1.29 is 23.4 Å². The number of alkyl carbamates (subject to hydrolysis) is 1. The second-order valence-corrected chi connectivity index (χ2v) is 5.27. The Hall–Kier alpha value is -0.650. The van der Waals surface area contributed by atoms with E-state index in [2.05, 4.69) is 5.32 Å². The van der Waals surface area contributed by atoms with Gasteiger partial charge in [-0.15, -0.1) is 0 Å². The Morgan fingerprint density at radius 1 is 1.56 bits per heavy atom. The Bertz CT molecular complexity index is 245. The second kappa shape index (κ2) is 7.60. The van der Waals surface area contributed by atoms with Crippen molar-refractivity contribution in [3.05, 3.63) is 0 Å². The molecule has 0 saturated carbocycles. The molecule has 6 nitrogen and oxygen atoms in total. The molecule has 0 aromatic rings. The van der Waals surface area contributed by atoms with Gasteiger partial charge < -0.3 is 21.1 Å². The van der Waals surface area contributed by atoms with E-state index in [4.69, 9.17) is 9.63 Å². The van der Waals surface area contributed by atoms with Gasteiger partial charge in [0.2, 0.25) is 0 Å². The van der Waals surface area contributed by atoms with E-state index in [-0.39, 0.29) is 12.7 Å². The number of halogens is 1. The minimum absolute atomic E-state index is 0. The Labute approximate surface area is 95.0 Å². The summed E-state index contributed by atoms with van der Waals surface area (Å²) in [4.78, 5) is 19.5. The zero-order valence-corrected chi connectivity index (χ0v) is 10.7. The van der Waals surface area contributed by atoms with Crippen molar-refractivity contribution in [3.63, 3.8) is 0 Å². The number of hydrogen-bond donors (Lipinski definition) is 3.